The number of anilines is 1. The number of para-hydroxylation sites is 1. The molecule has 0 aliphatic carbocycles. The number of benzene rings is 2. The van der Waals surface area contributed by atoms with Crippen molar-refractivity contribution < 1.29 is 9.59 Å². The van der Waals surface area contributed by atoms with Gasteiger partial charge in [0.1, 0.15) is 5.82 Å². The van der Waals surface area contributed by atoms with E-state index in [1.807, 2.05) is 27.7 Å². The molecule has 176 valence electrons. The van der Waals surface area contributed by atoms with Crippen LogP contribution < -0.4 is 10.2 Å². The Hall–Kier alpha value is -3.10. The third-order valence-corrected chi connectivity index (χ3v) is 6.79. The van der Waals surface area contributed by atoms with E-state index >= 15 is 0 Å². The van der Waals surface area contributed by atoms with Gasteiger partial charge in [-0.05, 0) is 48.7 Å². The highest BCUT2D eigenvalue weighted by Gasteiger charge is 2.23. The highest BCUT2D eigenvalue weighted by atomic mass is 35.5. The second kappa shape index (κ2) is 11.4. The van der Waals surface area contributed by atoms with Crippen molar-refractivity contribution in [2.24, 2.45) is 0 Å². The Kier molecular flexibility index (Phi) is 8.03. The second-order valence-corrected chi connectivity index (χ2v) is 9.26. The lowest BCUT2D eigenvalue weighted by molar-refractivity contribution is -0.116. The fraction of sp³-hybridized carbons (Fsp3) is 0.280. The van der Waals surface area contributed by atoms with Crippen LogP contribution in [0.5, 0.6) is 0 Å². The zero-order chi connectivity index (χ0) is 23.9. The van der Waals surface area contributed by atoms with Gasteiger partial charge < -0.3 is 14.8 Å². The summed E-state index contributed by atoms with van der Waals surface area (Å²) in [6.07, 6.45) is 4.24. The number of allylic oxidation sites excluding steroid dienone is 1. The summed E-state index contributed by atoms with van der Waals surface area (Å²) in [5.74, 6) is 0.891. The molecule has 2 aromatic carbocycles. The van der Waals surface area contributed by atoms with E-state index < -0.39 is 0 Å². The number of hydrogen-bond donors (Lipinski definition) is 1. The highest BCUT2D eigenvalue weighted by molar-refractivity contribution is 7.99. The van der Waals surface area contributed by atoms with Crippen LogP contribution in [0.4, 0.5) is 5.69 Å². The molecule has 1 aliphatic rings. The molecule has 0 bridgehead atoms. The van der Waals surface area contributed by atoms with Gasteiger partial charge in [0, 0.05) is 42.3 Å². The minimum Gasteiger partial charge on any atom is -0.352 e. The summed E-state index contributed by atoms with van der Waals surface area (Å²) in [6, 6.07) is 14.8. The monoisotopic (exact) mass is 495 g/mol. The van der Waals surface area contributed by atoms with Crippen molar-refractivity contribution in [1.29, 1.82) is 0 Å². The number of amides is 2. The number of fused-ring (bicyclic) bond motifs is 1. The third kappa shape index (κ3) is 5.69. The number of hydrogen-bond acceptors (Lipinski definition) is 5. The summed E-state index contributed by atoms with van der Waals surface area (Å²) in [6.45, 7) is 5.49. The van der Waals surface area contributed by atoms with Gasteiger partial charge in [-0.15, -0.1) is 16.8 Å². The number of aromatic nitrogens is 3. The van der Waals surface area contributed by atoms with Gasteiger partial charge in [-0.2, -0.15) is 0 Å². The molecule has 2 amide bonds. The van der Waals surface area contributed by atoms with Crippen LogP contribution in [-0.2, 0) is 24.2 Å². The topological polar surface area (TPSA) is 80.1 Å². The fourth-order valence-electron chi connectivity index (χ4n) is 3.91. The SMILES string of the molecule is C=CCn1c(CCNC(=O)c2ccc(Cl)cc2)nnc1SCC(=O)N1CCCc2ccccc21. The number of carbonyl (C=O) groups excluding carboxylic acids is 2. The molecule has 3 aromatic rings. The van der Waals surface area contributed by atoms with E-state index in [4.69, 9.17) is 11.6 Å². The van der Waals surface area contributed by atoms with Crippen LogP contribution in [0.3, 0.4) is 0 Å². The predicted molar refractivity (Wildman–Crippen MR) is 136 cm³/mol. The van der Waals surface area contributed by atoms with Crippen LogP contribution in [0, 0.1) is 0 Å². The van der Waals surface area contributed by atoms with Crippen LogP contribution >= 0.6 is 23.4 Å². The Balaban J connectivity index is 1.35. The first kappa shape index (κ1) is 24.0. The predicted octanol–water partition coefficient (Wildman–Crippen LogP) is 4.16. The first-order chi connectivity index (χ1) is 16.6. The number of halogens is 1. The van der Waals surface area contributed by atoms with E-state index in [9.17, 15) is 9.59 Å². The van der Waals surface area contributed by atoms with Crippen molar-refractivity contribution in [2.75, 3.05) is 23.7 Å². The number of thioether (sulfide) groups is 1. The summed E-state index contributed by atoms with van der Waals surface area (Å²) in [5, 5.41) is 12.7. The van der Waals surface area contributed by atoms with Gasteiger partial charge in [-0.25, -0.2) is 0 Å². The standard InChI is InChI=1S/C25H26ClN5O2S/c1-2-15-31-22(13-14-27-24(33)19-9-11-20(26)12-10-19)28-29-25(31)34-17-23(32)30-16-5-7-18-6-3-4-8-21(18)30/h2-4,6,8-12H,1,5,7,13-17H2,(H,27,33). The van der Waals surface area contributed by atoms with E-state index in [1.54, 1.807) is 30.3 Å². The lowest BCUT2D eigenvalue weighted by atomic mass is 10.0. The lowest BCUT2D eigenvalue weighted by Gasteiger charge is -2.29. The maximum Gasteiger partial charge on any atom is 0.251 e. The molecular weight excluding hydrogens is 470 g/mol. The minimum absolute atomic E-state index is 0.0575. The lowest BCUT2D eigenvalue weighted by Crippen LogP contribution is -2.36. The molecule has 0 spiro atoms. The largest absolute Gasteiger partial charge is 0.352 e. The third-order valence-electron chi connectivity index (χ3n) is 5.58. The van der Waals surface area contributed by atoms with Crippen LogP contribution in [-0.4, -0.2) is 45.4 Å². The smallest absolute Gasteiger partial charge is 0.251 e. The molecule has 1 aromatic heterocycles. The zero-order valence-electron chi connectivity index (χ0n) is 18.7. The maximum atomic E-state index is 13.0. The Labute approximate surface area is 208 Å². The van der Waals surface area contributed by atoms with Crippen molar-refractivity contribution in [3.63, 3.8) is 0 Å². The molecule has 34 heavy (non-hydrogen) atoms. The minimum atomic E-state index is -0.173. The molecular formula is C25H26ClN5O2S. The molecule has 9 heteroatoms. The van der Waals surface area contributed by atoms with Crippen LogP contribution in [0.2, 0.25) is 5.02 Å². The maximum absolute atomic E-state index is 13.0. The van der Waals surface area contributed by atoms with Crippen molar-refractivity contribution in [3.8, 4) is 0 Å². The number of nitrogens with one attached hydrogen (secondary N) is 1. The molecule has 0 unspecified atom stereocenters. The average Bonchev–Trinajstić information content (AvgIpc) is 3.24. The van der Waals surface area contributed by atoms with E-state index in [0.717, 1.165) is 30.9 Å². The van der Waals surface area contributed by atoms with E-state index in [2.05, 4.69) is 28.2 Å². The normalized spacial score (nSPS) is 12.8. The van der Waals surface area contributed by atoms with Gasteiger partial charge in [0.2, 0.25) is 5.91 Å². The molecule has 1 N–H and O–H groups in total. The molecule has 0 radical (unpaired) electrons. The van der Waals surface area contributed by atoms with Gasteiger partial charge in [0.05, 0.1) is 5.75 Å². The van der Waals surface area contributed by atoms with Gasteiger partial charge >= 0.3 is 0 Å². The molecule has 0 fully saturated rings. The van der Waals surface area contributed by atoms with E-state index in [-0.39, 0.29) is 17.6 Å². The van der Waals surface area contributed by atoms with Crippen LogP contribution in [0.1, 0.15) is 28.2 Å². The number of aryl methyl sites for hydroxylation is 1. The average molecular weight is 496 g/mol. The quantitative estimate of drug-likeness (QED) is 0.356. The van der Waals surface area contributed by atoms with E-state index in [0.29, 0.717) is 35.3 Å². The highest BCUT2D eigenvalue weighted by Crippen LogP contribution is 2.28. The molecule has 0 atom stereocenters. The Morgan fingerprint density at radius 3 is 2.74 bits per heavy atom. The van der Waals surface area contributed by atoms with Crippen molar-refractivity contribution >= 4 is 40.9 Å². The van der Waals surface area contributed by atoms with Crippen molar-refractivity contribution in [2.45, 2.75) is 31.0 Å². The summed E-state index contributed by atoms with van der Waals surface area (Å²) in [7, 11) is 0. The van der Waals surface area contributed by atoms with Gasteiger partial charge in [0.15, 0.2) is 5.16 Å². The molecule has 2 heterocycles. The second-order valence-electron chi connectivity index (χ2n) is 7.88. The van der Waals surface area contributed by atoms with Gasteiger partial charge in [-0.3, -0.25) is 9.59 Å². The van der Waals surface area contributed by atoms with Gasteiger partial charge in [0.25, 0.3) is 5.91 Å². The first-order valence-corrected chi connectivity index (χ1v) is 12.5. The number of nitrogens with zero attached hydrogens (tertiary/aromatic N) is 4. The molecule has 1 aliphatic heterocycles. The zero-order valence-corrected chi connectivity index (χ0v) is 20.3. The molecule has 0 saturated carbocycles. The molecule has 4 rings (SSSR count). The Morgan fingerprint density at radius 2 is 1.94 bits per heavy atom. The molecule has 7 nitrogen and oxygen atoms in total. The Morgan fingerprint density at radius 1 is 1.15 bits per heavy atom. The summed E-state index contributed by atoms with van der Waals surface area (Å²) in [5.41, 5.74) is 2.76. The number of rotatable bonds is 9. The summed E-state index contributed by atoms with van der Waals surface area (Å²) in [4.78, 5) is 27.2. The summed E-state index contributed by atoms with van der Waals surface area (Å²) >= 11 is 7.25. The number of carbonyl (C=O) groups is 2. The van der Waals surface area contributed by atoms with Crippen LogP contribution in [0.15, 0.2) is 66.3 Å². The molecule has 0 saturated heterocycles. The van der Waals surface area contributed by atoms with E-state index in [1.165, 1.54) is 17.3 Å². The van der Waals surface area contributed by atoms with Crippen molar-refractivity contribution in [1.82, 2.24) is 20.1 Å². The Bertz CT molecular complexity index is 1180. The van der Waals surface area contributed by atoms with Gasteiger partial charge in [-0.1, -0.05) is 47.6 Å². The fourth-order valence-corrected chi connectivity index (χ4v) is 4.88. The van der Waals surface area contributed by atoms with Crippen LogP contribution in [0.25, 0.3) is 0 Å². The van der Waals surface area contributed by atoms with Crippen molar-refractivity contribution in [3.05, 3.63) is 83.2 Å². The first-order valence-electron chi connectivity index (χ1n) is 11.1. The summed E-state index contributed by atoms with van der Waals surface area (Å²) < 4.78 is 1.93.